The van der Waals surface area contributed by atoms with Gasteiger partial charge >= 0.3 is 0 Å². The van der Waals surface area contributed by atoms with Gasteiger partial charge in [0.2, 0.25) is 0 Å². The highest BCUT2D eigenvalue weighted by Gasteiger charge is 2.13. The van der Waals surface area contributed by atoms with E-state index in [1.807, 2.05) is 19.1 Å². The van der Waals surface area contributed by atoms with Crippen LogP contribution in [-0.4, -0.2) is 13.2 Å². The standard InChI is InChI=1S/C24H24ClF2NO2.ClH/c1-2-29-23-14-19(15-28-12-11-17-3-7-20(26)8-4-17)13-22(25)24(23)30-16-18-5-9-21(27)10-6-18;/h3-10,13-14,28H,2,11-12,15-16H2,1H3;1H. The Kier molecular flexibility index (Phi) is 10.0. The van der Waals surface area contributed by atoms with Crippen LogP contribution in [-0.2, 0) is 19.6 Å². The molecule has 3 aromatic rings. The Labute approximate surface area is 192 Å². The summed E-state index contributed by atoms with van der Waals surface area (Å²) in [6, 6.07) is 16.4. The first kappa shape index (κ1) is 24.9. The summed E-state index contributed by atoms with van der Waals surface area (Å²) in [5.41, 5.74) is 2.87. The van der Waals surface area contributed by atoms with Crippen LogP contribution in [0, 0.1) is 11.6 Å². The molecule has 31 heavy (non-hydrogen) atoms. The summed E-state index contributed by atoms with van der Waals surface area (Å²) in [7, 11) is 0. The average molecular weight is 468 g/mol. The van der Waals surface area contributed by atoms with Gasteiger partial charge in [-0.2, -0.15) is 0 Å². The number of rotatable bonds is 10. The van der Waals surface area contributed by atoms with E-state index >= 15 is 0 Å². The van der Waals surface area contributed by atoms with Gasteiger partial charge in [0.1, 0.15) is 18.2 Å². The van der Waals surface area contributed by atoms with E-state index in [9.17, 15) is 8.78 Å². The summed E-state index contributed by atoms with van der Waals surface area (Å²) in [5.74, 6) is 0.523. The van der Waals surface area contributed by atoms with E-state index in [2.05, 4.69) is 5.32 Å². The largest absolute Gasteiger partial charge is 0.490 e. The molecule has 0 spiro atoms. The van der Waals surface area contributed by atoms with Crippen molar-refractivity contribution in [2.24, 2.45) is 0 Å². The number of nitrogens with one attached hydrogen (secondary N) is 1. The van der Waals surface area contributed by atoms with Crippen LogP contribution in [0.3, 0.4) is 0 Å². The van der Waals surface area contributed by atoms with Gasteiger partial charge in [-0.1, -0.05) is 35.9 Å². The molecular weight excluding hydrogens is 443 g/mol. The van der Waals surface area contributed by atoms with Gasteiger partial charge in [0, 0.05) is 6.54 Å². The second kappa shape index (κ2) is 12.5. The molecule has 0 aliphatic rings. The molecule has 3 rings (SSSR count). The Morgan fingerprint density at radius 3 is 2.06 bits per heavy atom. The zero-order chi connectivity index (χ0) is 21.3. The molecule has 0 saturated carbocycles. The highest BCUT2D eigenvalue weighted by molar-refractivity contribution is 6.32. The van der Waals surface area contributed by atoms with Crippen LogP contribution in [0.25, 0.3) is 0 Å². The minimum Gasteiger partial charge on any atom is -0.490 e. The van der Waals surface area contributed by atoms with Crippen LogP contribution < -0.4 is 14.8 Å². The predicted octanol–water partition coefficient (Wildman–Crippen LogP) is 6.35. The maximum absolute atomic E-state index is 13.1. The van der Waals surface area contributed by atoms with Crippen molar-refractivity contribution in [2.45, 2.75) is 26.5 Å². The maximum atomic E-state index is 13.1. The van der Waals surface area contributed by atoms with Crippen molar-refractivity contribution < 1.29 is 18.3 Å². The van der Waals surface area contributed by atoms with Gasteiger partial charge in [-0.05, 0) is 73.0 Å². The minimum atomic E-state index is -0.289. The fraction of sp³-hybridized carbons (Fsp3) is 0.250. The highest BCUT2D eigenvalue weighted by atomic mass is 35.5. The van der Waals surface area contributed by atoms with Crippen LogP contribution >= 0.6 is 24.0 Å². The lowest BCUT2D eigenvalue weighted by molar-refractivity contribution is 0.269. The molecule has 0 unspecified atom stereocenters. The van der Waals surface area contributed by atoms with E-state index in [0.717, 1.165) is 29.7 Å². The van der Waals surface area contributed by atoms with Gasteiger partial charge in [0.05, 0.1) is 11.6 Å². The maximum Gasteiger partial charge on any atom is 0.180 e. The first-order valence-electron chi connectivity index (χ1n) is 9.82. The van der Waals surface area contributed by atoms with Gasteiger partial charge in [0.25, 0.3) is 0 Å². The van der Waals surface area contributed by atoms with Gasteiger partial charge in [-0.25, -0.2) is 8.78 Å². The summed E-state index contributed by atoms with van der Waals surface area (Å²) < 4.78 is 37.6. The normalized spacial score (nSPS) is 10.5. The SMILES string of the molecule is CCOc1cc(CNCCc2ccc(F)cc2)cc(Cl)c1OCc1ccc(F)cc1.Cl. The third kappa shape index (κ3) is 7.69. The van der Waals surface area contributed by atoms with E-state index in [4.69, 9.17) is 21.1 Å². The van der Waals surface area contributed by atoms with E-state index in [0.29, 0.717) is 29.7 Å². The summed E-state index contributed by atoms with van der Waals surface area (Å²) >= 11 is 6.46. The molecule has 0 bridgehead atoms. The van der Waals surface area contributed by atoms with Crippen LogP contribution in [0.15, 0.2) is 60.7 Å². The topological polar surface area (TPSA) is 30.5 Å². The Morgan fingerprint density at radius 1 is 0.839 bits per heavy atom. The minimum absolute atomic E-state index is 0. The van der Waals surface area contributed by atoms with Crippen LogP contribution in [0.2, 0.25) is 5.02 Å². The van der Waals surface area contributed by atoms with Gasteiger partial charge in [0.15, 0.2) is 11.5 Å². The Morgan fingerprint density at radius 2 is 1.45 bits per heavy atom. The zero-order valence-electron chi connectivity index (χ0n) is 17.2. The van der Waals surface area contributed by atoms with E-state index in [1.54, 1.807) is 24.3 Å². The summed E-state index contributed by atoms with van der Waals surface area (Å²) in [6.07, 6.45) is 0.797. The lowest BCUT2D eigenvalue weighted by atomic mass is 10.1. The Hall–Kier alpha value is -2.34. The van der Waals surface area contributed by atoms with Crippen molar-refractivity contribution in [3.8, 4) is 11.5 Å². The number of hydrogen-bond donors (Lipinski definition) is 1. The molecule has 0 saturated heterocycles. The fourth-order valence-corrected chi connectivity index (χ4v) is 3.27. The smallest absolute Gasteiger partial charge is 0.180 e. The van der Waals surface area contributed by atoms with Crippen molar-refractivity contribution in [3.63, 3.8) is 0 Å². The summed E-state index contributed by atoms with van der Waals surface area (Å²) in [4.78, 5) is 0. The molecule has 0 radical (unpaired) electrons. The molecule has 0 atom stereocenters. The van der Waals surface area contributed by atoms with E-state index in [-0.39, 0.29) is 30.6 Å². The van der Waals surface area contributed by atoms with E-state index in [1.165, 1.54) is 24.3 Å². The van der Waals surface area contributed by atoms with Crippen molar-refractivity contribution in [3.05, 3.63) is 94.0 Å². The third-order valence-corrected chi connectivity index (χ3v) is 4.78. The monoisotopic (exact) mass is 467 g/mol. The van der Waals surface area contributed by atoms with Crippen molar-refractivity contribution in [2.75, 3.05) is 13.2 Å². The van der Waals surface area contributed by atoms with Crippen molar-refractivity contribution >= 4 is 24.0 Å². The number of halogens is 4. The van der Waals surface area contributed by atoms with Crippen LogP contribution in [0.1, 0.15) is 23.6 Å². The quantitative estimate of drug-likeness (QED) is 0.352. The molecule has 7 heteroatoms. The van der Waals surface area contributed by atoms with E-state index < -0.39 is 0 Å². The fourth-order valence-electron chi connectivity index (χ4n) is 2.98. The lowest BCUT2D eigenvalue weighted by Gasteiger charge is -2.16. The summed E-state index contributed by atoms with van der Waals surface area (Å²) in [5, 5.41) is 3.82. The molecular formula is C24H25Cl2F2NO2. The molecule has 3 nitrogen and oxygen atoms in total. The van der Waals surface area contributed by atoms with Gasteiger partial charge in [-0.15, -0.1) is 12.4 Å². The molecule has 0 fully saturated rings. The first-order chi connectivity index (χ1) is 14.5. The molecule has 166 valence electrons. The third-order valence-electron chi connectivity index (χ3n) is 4.50. The molecule has 1 N–H and O–H groups in total. The number of ether oxygens (including phenoxy) is 2. The molecule has 3 aromatic carbocycles. The lowest BCUT2D eigenvalue weighted by Crippen LogP contribution is -2.17. The number of hydrogen-bond acceptors (Lipinski definition) is 3. The Bertz CT molecular complexity index is 951. The van der Waals surface area contributed by atoms with Crippen molar-refractivity contribution in [1.29, 1.82) is 0 Å². The molecule has 0 aliphatic carbocycles. The van der Waals surface area contributed by atoms with Crippen LogP contribution in [0.4, 0.5) is 8.78 Å². The molecule has 0 amide bonds. The average Bonchev–Trinajstić information content (AvgIpc) is 2.73. The van der Waals surface area contributed by atoms with Crippen molar-refractivity contribution in [1.82, 2.24) is 5.32 Å². The second-order valence-electron chi connectivity index (χ2n) is 6.81. The Balaban J connectivity index is 0.00000341. The highest BCUT2D eigenvalue weighted by Crippen LogP contribution is 2.37. The number of benzene rings is 3. The van der Waals surface area contributed by atoms with Gasteiger partial charge < -0.3 is 14.8 Å². The van der Waals surface area contributed by atoms with Gasteiger partial charge in [-0.3, -0.25) is 0 Å². The zero-order valence-corrected chi connectivity index (χ0v) is 18.7. The van der Waals surface area contributed by atoms with Crippen LogP contribution in [0.5, 0.6) is 11.5 Å². The molecule has 0 aliphatic heterocycles. The molecule has 0 aromatic heterocycles. The summed E-state index contributed by atoms with van der Waals surface area (Å²) in [6.45, 7) is 3.99. The predicted molar refractivity (Wildman–Crippen MR) is 122 cm³/mol. The second-order valence-corrected chi connectivity index (χ2v) is 7.21. The molecule has 0 heterocycles. The first-order valence-corrected chi connectivity index (χ1v) is 10.2.